The van der Waals surface area contributed by atoms with Crippen LogP contribution in [0.3, 0.4) is 0 Å². The second-order valence-electron chi connectivity index (χ2n) is 5.30. The number of tetrazole rings is 1. The molecule has 1 aliphatic carbocycles. The van der Waals surface area contributed by atoms with Gasteiger partial charge in [-0.15, -0.1) is 5.10 Å². The second kappa shape index (κ2) is 6.72. The number of nitriles is 1. The van der Waals surface area contributed by atoms with Crippen LogP contribution < -0.4 is 0 Å². The molecule has 3 rings (SSSR count). The summed E-state index contributed by atoms with van der Waals surface area (Å²) in [5.41, 5.74) is 1.87. The number of hydrogen-bond donors (Lipinski definition) is 0. The predicted octanol–water partition coefficient (Wildman–Crippen LogP) is 3.34. The molecular weight excluding hydrogens is 282 g/mol. The Balaban J connectivity index is 1.65. The minimum Gasteiger partial charge on any atom is -0.217 e. The van der Waals surface area contributed by atoms with E-state index in [-0.39, 0.29) is 0 Å². The van der Waals surface area contributed by atoms with Crippen LogP contribution >= 0.6 is 11.8 Å². The van der Waals surface area contributed by atoms with Crippen LogP contribution in [0, 0.1) is 11.3 Å². The largest absolute Gasteiger partial charge is 0.217 e. The standard InChI is InChI=1S/C15H17N5S/c16-10-12-6-8-13(9-7-12)11-21-15-17-18-19-20(15)14-4-2-1-3-5-14/h6-9,14H,1-5,11H2. The average Bonchev–Trinajstić information content (AvgIpc) is 3.03. The Morgan fingerprint density at radius 2 is 1.95 bits per heavy atom. The summed E-state index contributed by atoms with van der Waals surface area (Å²) in [6.45, 7) is 0. The molecule has 1 aromatic carbocycles. The van der Waals surface area contributed by atoms with E-state index in [4.69, 9.17) is 5.26 Å². The van der Waals surface area contributed by atoms with Gasteiger partial charge in [-0.3, -0.25) is 0 Å². The molecule has 1 aliphatic rings. The van der Waals surface area contributed by atoms with Crippen molar-refractivity contribution >= 4 is 11.8 Å². The summed E-state index contributed by atoms with van der Waals surface area (Å²) in [6, 6.07) is 10.3. The first kappa shape index (κ1) is 14.1. The number of benzene rings is 1. The molecule has 0 radical (unpaired) electrons. The monoisotopic (exact) mass is 299 g/mol. The van der Waals surface area contributed by atoms with Gasteiger partial charge in [-0.1, -0.05) is 43.2 Å². The lowest BCUT2D eigenvalue weighted by Crippen LogP contribution is -2.15. The van der Waals surface area contributed by atoms with E-state index < -0.39 is 0 Å². The maximum absolute atomic E-state index is 8.80. The first-order valence-corrected chi connectivity index (χ1v) is 8.25. The zero-order valence-corrected chi connectivity index (χ0v) is 12.6. The van der Waals surface area contributed by atoms with E-state index in [9.17, 15) is 0 Å². The minimum atomic E-state index is 0.456. The fourth-order valence-corrected chi connectivity index (χ4v) is 3.56. The molecule has 1 saturated carbocycles. The molecule has 1 fully saturated rings. The van der Waals surface area contributed by atoms with Crippen LogP contribution in [0.4, 0.5) is 0 Å². The molecule has 21 heavy (non-hydrogen) atoms. The number of aromatic nitrogens is 4. The van der Waals surface area contributed by atoms with Crippen molar-refractivity contribution in [3.8, 4) is 6.07 Å². The molecule has 0 bridgehead atoms. The van der Waals surface area contributed by atoms with Crippen LogP contribution in [-0.2, 0) is 5.75 Å². The summed E-state index contributed by atoms with van der Waals surface area (Å²) in [6.07, 6.45) is 6.21. The molecule has 6 heteroatoms. The number of thioether (sulfide) groups is 1. The Bertz CT molecular complexity index is 622. The summed E-state index contributed by atoms with van der Waals surface area (Å²) >= 11 is 1.66. The molecule has 0 spiro atoms. The molecule has 0 aliphatic heterocycles. The smallest absolute Gasteiger partial charge is 0.209 e. The second-order valence-corrected chi connectivity index (χ2v) is 6.24. The van der Waals surface area contributed by atoms with Crippen molar-refractivity contribution in [1.82, 2.24) is 20.2 Å². The Hall–Kier alpha value is -1.87. The summed E-state index contributed by atoms with van der Waals surface area (Å²) < 4.78 is 1.99. The number of rotatable bonds is 4. The summed E-state index contributed by atoms with van der Waals surface area (Å²) in [5.74, 6) is 0.818. The van der Waals surface area contributed by atoms with Crippen molar-refractivity contribution in [1.29, 1.82) is 5.26 Å². The van der Waals surface area contributed by atoms with Gasteiger partial charge in [-0.05, 0) is 41.0 Å². The first-order valence-electron chi connectivity index (χ1n) is 7.26. The molecule has 2 aromatic rings. The molecule has 0 N–H and O–H groups in total. The van der Waals surface area contributed by atoms with E-state index in [1.807, 2.05) is 28.9 Å². The van der Waals surface area contributed by atoms with Gasteiger partial charge < -0.3 is 0 Å². The third-order valence-electron chi connectivity index (χ3n) is 3.83. The van der Waals surface area contributed by atoms with E-state index >= 15 is 0 Å². The van der Waals surface area contributed by atoms with Crippen molar-refractivity contribution in [3.63, 3.8) is 0 Å². The lowest BCUT2D eigenvalue weighted by molar-refractivity contribution is 0.307. The zero-order valence-electron chi connectivity index (χ0n) is 11.8. The topological polar surface area (TPSA) is 67.4 Å². The maximum atomic E-state index is 8.80. The SMILES string of the molecule is N#Cc1ccc(CSc2nnnn2C2CCCCC2)cc1. The Kier molecular flexibility index (Phi) is 4.51. The van der Waals surface area contributed by atoms with Gasteiger partial charge in [0.2, 0.25) is 5.16 Å². The fraction of sp³-hybridized carbons (Fsp3) is 0.467. The van der Waals surface area contributed by atoms with E-state index in [1.165, 1.54) is 37.7 Å². The highest BCUT2D eigenvalue weighted by atomic mass is 32.2. The van der Waals surface area contributed by atoms with Crippen LogP contribution in [0.5, 0.6) is 0 Å². The number of nitrogens with zero attached hydrogens (tertiary/aromatic N) is 5. The van der Waals surface area contributed by atoms with E-state index in [2.05, 4.69) is 21.6 Å². The van der Waals surface area contributed by atoms with Crippen LogP contribution in [0.15, 0.2) is 29.4 Å². The maximum Gasteiger partial charge on any atom is 0.209 e. The highest BCUT2D eigenvalue weighted by Gasteiger charge is 2.20. The molecule has 1 aromatic heterocycles. The highest BCUT2D eigenvalue weighted by Crippen LogP contribution is 2.31. The molecule has 0 amide bonds. The average molecular weight is 299 g/mol. The summed E-state index contributed by atoms with van der Waals surface area (Å²) in [7, 11) is 0. The Labute approximate surface area is 128 Å². The van der Waals surface area contributed by atoms with E-state index in [0.717, 1.165) is 10.9 Å². The summed E-state index contributed by atoms with van der Waals surface area (Å²) in [4.78, 5) is 0. The Morgan fingerprint density at radius 3 is 2.67 bits per heavy atom. The van der Waals surface area contributed by atoms with Gasteiger partial charge >= 0.3 is 0 Å². The fourth-order valence-electron chi connectivity index (χ4n) is 2.66. The molecular formula is C15H17N5S. The molecule has 108 valence electrons. The lowest BCUT2D eigenvalue weighted by Gasteiger charge is -2.21. The van der Waals surface area contributed by atoms with E-state index in [0.29, 0.717) is 11.6 Å². The van der Waals surface area contributed by atoms with Crippen LogP contribution in [-0.4, -0.2) is 20.2 Å². The normalized spacial score (nSPS) is 15.8. The molecule has 0 atom stereocenters. The van der Waals surface area contributed by atoms with Gasteiger partial charge in [-0.25, -0.2) is 4.68 Å². The van der Waals surface area contributed by atoms with E-state index in [1.54, 1.807) is 11.8 Å². The molecule has 5 nitrogen and oxygen atoms in total. The predicted molar refractivity (Wildman–Crippen MR) is 80.7 cm³/mol. The van der Waals surface area contributed by atoms with Crippen molar-refractivity contribution in [2.45, 2.75) is 49.1 Å². The van der Waals surface area contributed by atoms with Gasteiger partial charge in [0.1, 0.15) is 0 Å². The minimum absolute atomic E-state index is 0.456. The van der Waals surface area contributed by atoms with Crippen LogP contribution in [0.2, 0.25) is 0 Å². The van der Waals surface area contributed by atoms with Crippen LogP contribution in [0.25, 0.3) is 0 Å². The highest BCUT2D eigenvalue weighted by molar-refractivity contribution is 7.98. The zero-order chi connectivity index (χ0) is 14.5. The summed E-state index contributed by atoms with van der Waals surface area (Å²) in [5, 5.41) is 21.9. The van der Waals surface area contributed by atoms with Crippen molar-refractivity contribution < 1.29 is 0 Å². The van der Waals surface area contributed by atoms with Gasteiger partial charge in [0.25, 0.3) is 0 Å². The lowest BCUT2D eigenvalue weighted by atomic mass is 9.96. The van der Waals surface area contributed by atoms with Crippen LogP contribution in [0.1, 0.15) is 49.3 Å². The van der Waals surface area contributed by atoms with Crippen molar-refractivity contribution in [2.75, 3.05) is 0 Å². The van der Waals surface area contributed by atoms with Crippen molar-refractivity contribution in [3.05, 3.63) is 35.4 Å². The third kappa shape index (κ3) is 3.42. The number of hydrogen-bond acceptors (Lipinski definition) is 5. The molecule has 1 heterocycles. The van der Waals surface area contributed by atoms with Gasteiger partial charge in [-0.2, -0.15) is 5.26 Å². The van der Waals surface area contributed by atoms with Gasteiger partial charge in [0.15, 0.2) is 0 Å². The van der Waals surface area contributed by atoms with Gasteiger partial charge in [0.05, 0.1) is 17.7 Å². The Morgan fingerprint density at radius 1 is 1.19 bits per heavy atom. The molecule has 0 unspecified atom stereocenters. The van der Waals surface area contributed by atoms with Crippen molar-refractivity contribution in [2.24, 2.45) is 0 Å². The third-order valence-corrected chi connectivity index (χ3v) is 4.84. The first-order chi connectivity index (χ1) is 10.4. The molecule has 0 saturated heterocycles. The quantitative estimate of drug-likeness (QED) is 0.810. The van der Waals surface area contributed by atoms with Gasteiger partial charge in [0, 0.05) is 5.75 Å².